The third kappa shape index (κ3) is 3.75. The molecule has 0 aliphatic rings. The van der Waals surface area contributed by atoms with Gasteiger partial charge in [-0.15, -0.1) is 0 Å². The highest BCUT2D eigenvalue weighted by Crippen LogP contribution is 2.56. The Bertz CT molecular complexity index is 1010. The Morgan fingerprint density at radius 1 is 0.621 bits per heavy atom. The first-order valence-electron chi connectivity index (χ1n) is 9.20. The van der Waals surface area contributed by atoms with Crippen molar-refractivity contribution in [2.24, 2.45) is 0 Å². The van der Waals surface area contributed by atoms with E-state index in [1.165, 1.54) is 12.1 Å². The normalized spacial score (nSPS) is 11.0. The Hall–Kier alpha value is -3.49. The van der Waals surface area contributed by atoms with Crippen LogP contribution in [0.25, 0.3) is 0 Å². The number of nitro groups is 1. The van der Waals surface area contributed by atoms with Gasteiger partial charge >= 0.3 is 0 Å². The van der Waals surface area contributed by atoms with Crippen molar-refractivity contribution in [3.63, 3.8) is 0 Å². The molecule has 0 N–H and O–H groups in total. The molecule has 29 heavy (non-hydrogen) atoms. The van der Waals surface area contributed by atoms with Crippen LogP contribution in [-0.2, 0) is 0 Å². The van der Waals surface area contributed by atoms with Gasteiger partial charge in [-0.3, -0.25) is 10.1 Å². The van der Waals surface area contributed by atoms with Crippen LogP contribution >= 0.6 is 7.49 Å². The molecule has 0 bridgehead atoms. The quantitative estimate of drug-likeness (QED) is 0.263. The zero-order valence-electron chi connectivity index (χ0n) is 15.6. The molecule has 5 heteroatoms. The summed E-state index contributed by atoms with van der Waals surface area (Å²) < 4.78 is 6.76. The van der Waals surface area contributed by atoms with E-state index < -0.39 is 12.4 Å². The first-order chi connectivity index (χ1) is 14.2. The molecule has 4 rings (SSSR count). The lowest BCUT2D eigenvalue weighted by Crippen LogP contribution is -2.34. The number of hydrogen-bond donors (Lipinski definition) is 0. The molecule has 0 saturated heterocycles. The maximum Gasteiger partial charge on any atom is 0.287 e. The van der Waals surface area contributed by atoms with Gasteiger partial charge < -0.3 is 4.52 Å². The predicted molar refractivity (Wildman–Crippen MR) is 119 cm³/mol. The van der Waals surface area contributed by atoms with E-state index in [1.807, 2.05) is 54.6 Å². The second kappa shape index (κ2) is 8.26. The summed E-state index contributed by atoms with van der Waals surface area (Å²) in [7, 11) is -2.55. The maximum absolute atomic E-state index is 11.3. The fourth-order valence-electron chi connectivity index (χ4n) is 3.33. The number of rotatable bonds is 6. The fourth-order valence-corrected chi connectivity index (χ4v) is 6.75. The summed E-state index contributed by atoms with van der Waals surface area (Å²) in [5.74, 6) is 0.476. The van der Waals surface area contributed by atoms with Crippen LogP contribution in [0.15, 0.2) is 115 Å². The summed E-state index contributed by atoms with van der Waals surface area (Å²) in [5.41, 5.74) is 0.00906. The molecule has 4 aromatic carbocycles. The molecular weight excluding hydrogens is 381 g/mol. The SMILES string of the molecule is O=[N+]([O-])c1cccc(O[P+](c2ccccc2)(c2ccccc2)c2ccccc2)c1. The summed E-state index contributed by atoms with van der Waals surface area (Å²) in [5, 5.41) is 14.4. The van der Waals surface area contributed by atoms with Crippen molar-refractivity contribution >= 4 is 29.1 Å². The maximum atomic E-state index is 11.3. The van der Waals surface area contributed by atoms with Crippen molar-refractivity contribution in [1.82, 2.24) is 0 Å². The van der Waals surface area contributed by atoms with Gasteiger partial charge in [0.05, 0.1) is 11.0 Å². The topological polar surface area (TPSA) is 52.4 Å². The Morgan fingerprint density at radius 3 is 1.48 bits per heavy atom. The van der Waals surface area contributed by atoms with E-state index in [2.05, 4.69) is 36.4 Å². The first-order valence-corrected chi connectivity index (χ1v) is 10.9. The number of nitrogens with zero attached hydrogens (tertiary/aromatic N) is 1. The predicted octanol–water partition coefficient (Wildman–Crippen LogP) is 4.88. The molecule has 4 nitrogen and oxygen atoms in total. The summed E-state index contributed by atoms with van der Waals surface area (Å²) in [6.07, 6.45) is 0. The second-order valence-corrected chi connectivity index (χ2v) is 9.41. The minimum absolute atomic E-state index is 0.00906. The van der Waals surface area contributed by atoms with Crippen LogP contribution in [0.2, 0.25) is 0 Å². The Labute approximate surface area is 170 Å². The molecule has 0 aliphatic carbocycles. The zero-order chi connectivity index (χ0) is 20.1. The summed E-state index contributed by atoms with van der Waals surface area (Å²) >= 11 is 0. The van der Waals surface area contributed by atoms with Crippen LogP contribution in [0.5, 0.6) is 5.75 Å². The van der Waals surface area contributed by atoms with E-state index in [1.54, 1.807) is 12.1 Å². The largest absolute Gasteiger partial charge is 0.334 e. The smallest absolute Gasteiger partial charge is 0.287 e. The summed E-state index contributed by atoms with van der Waals surface area (Å²) in [6.45, 7) is 0. The number of hydrogen-bond acceptors (Lipinski definition) is 3. The molecule has 0 saturated carbocycles. The Kier molecular flexibility index (Phi) is 5.37. The molecular formula is C24H19NO3P+. The van der Waals surface area contributed by atoms with Crippen molar-refractivity contribution in [2.45, 2.75) is 0 Å². The van der Waals surface area contributed by atoms with Crippen molar-refractivity contribution in [3.05, 3.63) is 125 Å². The van der Waals surface area contributed by atoms with Crippen molar-refractivity contribution in [2.75, 3.05) is 0 Å². The lowest BCUT2D eigenvalue weighted by atomic mass is 10.3. The fraction of sp³-hybridized carbons (Fsp3) is 0. The second-order valence-electron chi connectivity index (χ2n) is 6.46. The van der Waals surface area contributed by atoms with Gasteiger partial charge in [-0.1, -0.05) is 60.7 Å². The third-order valence-electron chi connectivity index (χ3n) is 4.63. The van der Waals surface area contributed by atoms with Gasteiger partial charge in [0.1, 0.15) is 15.9 Å². The number of benzene rings is 4. The molecule has 0 radical (unpaired) electrons. The third-order valence-corrected chi connectivity index (χ3v) is 8.19. The Morgan fingerprint density at radius 2 is 1.07 bits per heavy atom. The summed E-state index contributed by atoms with van der Waals surface area (Å²) in [4.78, 5) is 10.9. The first kappa shape index (κ1) is 18.9. The standard InChI is InChI=1S/C24H19NO3P/c26-25(27)20-11-10-12-21(19-20)28-29(22-13-4-1-5-14-22,23-15-6-2-7-16-23)24-17-8-3-9-18-24/h1-19H/q+1. The van der Waals surface area contributed by atoms with Crippen LogP contribution in [0.1, 0.15) is 0 Å². The summed E-state index contributed by atoms with van der Waals surface area (Å²) in [6, 6.07) is 36.6. The van der Waals surface area contributed by atoms with Crippen LogP contribution in [-0.4, -0.2) is 4.92 Å². The van der Waals surface area contributed by atoms with Crippen LogP contribution < -0.4 is 20.4 Å². The highest BCUT2D eigenvalue weighted by atomic mass is 31.2. The van der Waals surface area contributed by atoms with E-state index >= 15 is 0 Å². The van der Waals surface area contributed by atoms with Gasteiger partial charge in [-0.25, -0.2) is 0 Å². The van der Waals surface area contributed by atoms with Gasteiger partial charge in [-0.05, 0) is 42.5 Å². The molecule has 0 amide bonds. The van der Waals surface area contributed by atoms with E-state index in [0.717, 1.165) is 15.9 Å². The van der Waals surface area contributed by atoms with E-state index in [4.69, 9.17) is 4.52 Å². The zero-order valence-corrected chi connectivity index (χ0v) is 16.5. The van der Waals surface area contributed by atoms with Crippen LogP contribution in [0.4, 0.5) is 5.69 Å². The minimum Gasteiger partial charge on any atom is -0.334 e. The van der Waals surface area contributed by atoms with Crippen LogP contribution in [0, 0.1) is 10.1 Å². The molecule has 0 aromatic heterocycles. The van der Waals surface area contributed by atoms with Gasteiger partial charge in [0.25, 0.3) is 13.2 Å². The molecule has 0 unspecified atom stereocenters. The average Bonchev–Trinajstić information content (AvgIpc) is 2.79. The molecule has 0 fully saturated rings. The number of nitro benzene ring substituents is 1. The van der Waals surface area contributed by atoms with E-state index in [0.29, 0.717) is 5.75 Å². The van der Waals surface area contributed by atoms with Crippen molar-refractivity contribution < 1.29 is 9.45 Å². The van der Waals surface area contributed by atoms with E-state index in [-0.39, 0.29) is 5.69 Å². The lowest BCUT2D eigenvalue weighted by molar-refractivity contribution is -0.384. The highest BCUT2D eigenvalue weighted by Gasteiger charge is 2.49. The lowest BCUT2D eigenvalue weighted by Gasteiger charge is -2.26. The van der Waals surface area contributed by atoms with Crippen LogP contribution in [0.3, 0.4) is 0 Å². The molecule has 0 heterocycles. The van der Waals surface area contributed by atoms with Gasteiger partial charge in [0.2, 0.25) is 0 Å². The molecule has 0 spiro atoms. The van der Waals surface area contributed by atoms with Crippen molar-refractivity contribution in [3.8, 4) is 5.75 Å². The Balaban J connectivity index is 1.98. The van der Waals surface area contributed by atoms with E-state index in [9.17, 15) is 10.1 Å². The molecule has 4 aromatic rings. The van der Waals surface area contributed by atoms with Gasteiger partial charge in [-0.2, -0.15) is 0 Å². The molecule has 0 aliphatic heterocycles. The van der Waals surface area contributed by atoms with Crippen molar-refractivity contribution in [1.29, 1.82) is 0 Å². The molecule has 142 valence electrons. The van der Waals surface area contributed by atoms with Gasteiger partial charge in [0.15, 0.2) is 5.75 Å². The number of non-ortho nitro benzene ring substituents is 1. The monoisotopic (exact) mass is 400 g/mol. The van der Waals surface area contributed by atoms with Gasteiger partial charge in [0, 0.05) is 6.07 Å². The average molecular weight is 400 g/mol. The molecule has 0 atom stereocenters. The highest BCUT2D eigenvalue weighted by molar-refractivity contribution is 7.92. The minimum atomic E-state index is -2.55.